The summed E-state index contributed by atoms with van der Waals surface area (Å²) in [5.74, 6) is 1.03. The molecule has 0 bridgehead atoms. The van der Waals surface area contributed by atoms with Crippen LogP contribution in [-0.2, 0) is 11.3 Å². The highest BCUT2D eigenvalue weighted by Gasteiger charge is 2.24. The van der Waals surface area contributed by atoms with E-state index in [-0.39, 0.29) is 5.91 Å². The lowest BCUT2D eigenvalue weighted by molar-refractivity contribution is 0.0625. The van der Waals surface area contributed by atoms with Gasteiger partial charge in [-0.1, -0.05) is 24.3 Å². The number of benzene rings is 2. The molecule has 0 aromatic heterocycles. The summed E-state index contributed by atoms with van der Waals surface area (Å²) < 4.78 is 5.73. The topological polar surface area (TPSA) is 56.6 Å². The zero-order chi connectivity index (χ0) is 20.8. The third-order valence-electron chi connectivity index (χ3n) is 5.71. The number of amides is 1. The minimum absolute atomic E-state index is 0.128. The number of hydrogen-bond acceptors (Lipinski definition) is 5. The van der Waals surface area contributed by atoms with Crippen molar-refractivity contribution in [2.75, 3.05) is 38.5 Å². The number of piperazine rings is 1. The molecule has 0 N–H and O–H groups in total. The van der Waals surface area contributed by atoms with Crippen LogP contribution in [0.2, 0.25) is 0 Å². The summed E-state index contributed by atoms with van der Waals surface area (Å²) in [7, 11) is 0. The summed E-state index contributed by atoms with van der Waals surface area (Å²) >= 11 is 1.74. The van der Waals surface area contributed by atoms with Crippen LogP contribution in [0.1, 0.15) is 34.3 Å². The smallest absolute Gasteiger partial charge is 0.255 e. The highest BCUT2D eigenvalue weighted by Crippen LogP contribution is 2.28. The van der Waals surface area contributed by atoms with E-state index < -0.39 is 0 Å². The normalized spacial score (nSPS) is 19.6. The number of thioether (sulfide) groups is 1. The Morgan fingerprint density at radius 3 is 2.57 bits per heavy atom. The Morgan fingerprint density at radius 1 is 1.10 bits per heavy atom. The fourth-order valence-corrected chi connectivity index (χ4v) is 5.06. The van der Waals surface area contributed by atoms with Gasteiger partial charge in [0.2, 0.25) is 0 Å². The van der Waals surface area contributed by atoms with Crippen molar-refractivity contribution >= 4 is 17.7 Å². The van der Waals surface area contributed by atoms with Gasteiger partial charge in [0.15, 0.2) is 0 Å². The molecule has 0 spiro atoms. The number of nitrogens with zero attached hydrogens (tertiary/aromatic N) is 3. The van der Waals surface area contributed by atoms with Crippen molar-refractivity contribution in [3.63, 3.8) is 0 Å². The molecule has 0 unspecified atom stereocenters. The molecule has 2 aliphatic rings. The first-order valence-electron chi connectivity index (χ1n) is 10.6. The molecule has 156 valence electrons. The average molecular weight is 422 g/mol. The standard InChI is InChI=1S/C24H27N3O2S/c25-16-19-7-9-20(10-8-19)17-26-11-13-27(14-12-26)24(28)22-5-1-2-6-23(22)30-18-21-4-3-15-29-21/h1-2,5-10,21H,3-4,11-15,17-18H2/t21-/m1/s1. The Labute approximate surface area is 182 Å². The second-order valence-corrected chi connectivity index (χ2v) is 8.88. The van der Waals surface area contributed by atoms with E-state index in [9.17, 15) is 4.79 Å². The van der Waals surface area contributed by atoms with E-state index >= 15 is 0 Å². The molecule has 5 nitrogen and oxygen atoms in total. The highest BCUT2D eigenvalue weighted by atomic mass is 32.2. The lowest BCUT2D eigenvalue weighted by Gasteiger charge is -2.35. The van der Waals surface area contributed by atoms with Gasteiger partial charge < -0.3 is 9.64 Å². The van der Waals surface area contributed by atoms with Crippen LogP contribution < -0.4 is 0 Å². The average Bonchev–Trinajstić information content (AvgIpc) is 3.32. The largest absolute Gasteiger partial charge is 0.377 e. The van der Waals surface area contributed by atoms with Crippen LogP contribution in [-0.4, -0.2) is 60.3 Å². The number of hydrogen-bond donors (Lipinski definition) is 0. The molecule has 1 amide bonds. The van der Waals surface area contributed by atoms with Crippen LogP contribution in [0.15, 0.2) is 53.4 Å². The fraction of sp³-hybridized carbons (Fsp3) is 0.417. The van der Waals surface area contributed by atoms with E-state index in [0.717, 1.165) is 68.4 Å². The molecule has 6 heteroatoms. The molecule has 0 aliphatic carbocycles. The molecule has 2 saturated heterocycles. The second-order valence-electron chi connectivity index (χ2n) is 7.82. The number of carbonyl (C=O) groups excluding carboxylic acids is 1. The van der Waals surface area contributed by atoms with Crippen LogP contribution >= 0.6 is 11.8 Å². The van der Waals surface area contributed by atoms with E-state index in [1.165, 1.54) is 5.56 Å². The van der Waals surface area contributed by atoms with Crippen molar-refractivity contribution in [2.24, 2.45) is 0 Å². The predicted molar refractivity (Wildman–Crippen MR) is 118 cm³/mol. The lowest BCUT2D eigenvalue weighted by atomic mass is 10.1. The van der Waals surface area contributed by atoms with Gasteiger partial charge in [0.25, 0.3) is 5.91 Å². The maximum Gasteiger partial charge on any atom is 0.255 e. The van der Waals surface area contributed by atoms with Crippen molar-refractivity contribution in [1.82, 2.24) is 9.80 Å². The Hall–Kier alpha value is -2.33. The van der Waals surface area contributed by atoms with Gasteiger partial charge in [-0.3, -0.25) is 9.69 Å². The molecule has 1 atom stereocenters. The monoisotopic (exact) mass is 421 g/mol. The highest BCUT2D eigenvalue weighted by molar-refractivity contribution is 7.99. The second kappa shape index (κ2) is 10.1. The van der Waals surface area contributed by atoms with Crippen LogP contribution in [0.3, 0.4) is 0 Å². The zero-order valence-corrected chi connectivity index (χ0v) is 17.9. The lowest BCUT2D eigenvalue weighted by Crippen LogP contribution is -2.48. The molecular weight excluding hydrogens is 394 g/mol. The van der Waals surface area contributed by atoms with E-state index in [1.54, 1.807) is 11.8 Å². The number of ether oxygens (including phenoxy) is 1. The number of rotatable bonds is 6. The minimum Gasteiger partial charge on any atom is -0.377 e. The third kappa shape index (κ3) is 5.23. The van der Waals surface area contributed by atoms with Crippen molar-refractivity contribution in [3.05, 3.63) is 65.2 Å². The van der Waals surface area contributed by atoms with Gasteiger partial charge in [-0.2, -0.15) is 5.26 Å². The van der Waals surface area contributed by atoms with Crippen LogP contribution in [0.25, 0.3) is 0 Å². The first kappa shape index (κ1) is 20.9. The van der Waals surface area contributed by atoms with Crippen molar-refractivity contribution in [1.29, 1.82) is 5.26 Å². The summed E-state index contributed by atoms with van der Waals surface area (Å²) in [5, 5.41) is 8.93. The molecule has 0 saturated carbocycles. The summed E-state index contributed by atoms with van der Waals surface area (Å²) in [6, 6.07) is 17.9. The number of carbonyl (C=O) groups is 1. The maximum atomic E-state index is 13.2. The van der Waals surface area contributed by atoms with E-state index in [1.807, 2.05) is 53.4 Å². The van der Waals surface area contributed by atoms with Gasteiger partial charge in [0, 0.05) is 50.0 Å². The molecule has 4 rings (SSSR count). The minimum atomic E-state index is 0.128. The SMILES string of the molecule is N#Cc1ccc(CN2CCN(C(=O)c3ccccc3SC[C@H]3CCCO3)CC2)cc1. The fourth-order valence-electron chi connectivity index (χ4n) is 3.95. The van der Waals surface area contributed by atoms with Gasteiger partial charge in [-0.15, -0.1) is 11.8 Å². The van der Waals surface area contributed by atoms with Crippen LogP contribution in [0.4, 0.5) is 0 Å². The van der Waals surface area contributed by atoms with Gasteiger partial charge in [-0.25, -0.2) is 0 Å². The summed E-state index contributed by atoms with van der Waals surface area (Å²) in [6.45, 7) is 4.90. The molecular formula is C24H27N3O2S. The van der Waals surface area contributed by atoms with Gasteiger partial charge in [0.05, 0.1) is 23.3 Å². The van der Waals surface area contributed by atoms with Crippen LogP contribution in [0, 0.1) is 11.3 Å². The third-order valence-corrected chi connectivity index (χ3v) is 6.92. The molecule has 2 aromatic carbocycles. The zero-order valence-electron chi connectivity index (χ0n) is 17.1. The Morgan fingerprint density at radius 2 is 1.87 bits per heavy atom. The van der Waals surface area contributed by atoms with Crippen molar-refractivity contribution < 1.29 is 9.53 Å². The molecule has 2 fully saturated rings. The summed E-state index contributed by atoms with van der Waals surface area (Å²) in [4.78, 5) is 18.6. The van der Waals surface area contributed by atoms with Crippen LogP contribution in [0.5, 0.6) is 0 Å². The maximum absolute atomic E-state index is 13.2. The summed E-state index contributed by atoms with van der Waals surface area (Å²) in [5.41, 5.74) is 2.69. The van der Waals surface area contributed by atoms with Gasteiger partial charge in [-0.05, 0) is 42.7 Å². The quantitative estimate of drug-likeness (QED) is 0.665. The number of nitriles is 1. The first-order valence-corrected chi connectivity index (χ1v) is 11.6. The molecule has 2 aliphatic heterocycles. The molecule has 30 heavy (non-hydrogen) atoms. The Kier molecular flexibility index (Phi) is 7.06. The molecule has 0 radical (unpaired) electrons. The Bertz CT molecular complexity index is 895. The Balaban J connectivity index is 1.32. The summed E-state index contributed by atoms with van der Waals surface area (Å²) in [6.07, 6.45) is 2.56. The van der Waals surface area contributed by atoms with Gasteiger partial charge >= 0.3 is 0 Å². The molecule has 2 heterocycles. The predicted octanol–water partition coefficient (Wildman–Crippen LogP) is 3.79. The van der Waals surface area contributed by atoms with E-state index in [2.05, 4.69) is 11.0 Å². The van der Waals surface area contributed by atoms with Gasteiger partial charge in [0.1, 0.15) is 0 Å². The van der Waals surface area contributed by atoms with Crippen molar-refractivity contribution in [2.45, 2.75) is 30.4 Å². The van der Waals surface area contributed by atoms with E-state index in [4.69, 9.17) is 10.00 Å². The van der Waals surface area contributed by atoms with E-state index in [0.29, 0.717) is 11.7 Å². The molecule has 2 aromatic rings. The first-order chi connectivity index (χ1) is 14.7. The van der Waals surface area contributed by atoms with Crippen molar-refractivity contribution in [3.8, 4) is 6.07 Å².